The summed E-state index contributed by atoms with van der Waals surface area (Å²) in [5.41, 5.74) is 16.4. The van der Waals surface area contributed by atoms with Crippen molar-refractivity contribution >= 4 is 35.1 Å². The zero-order chi connectivity index (χ0) is 45.9. The number of alkyl halides is 3. The fourth-order valence-corrected chi connectivity index (χ4v) is 8.53. The molecule has 18 nitrogen and oxygen atoms in total. The fourth-order valence-electron chi connectivity index (χ4n) is 8.53. The molecule has 338 valence electrons. The van der Waals surface area contributed by atoms with E-state index in [1.165, 1.54) is 20.3 Å². The van der Waals surface area contributed by atoms with Crippen LogP contribution in [0, 0.1) is 61.3 Å². The van der Waals surface area contributed by atoms with E-state index in [-0.39, 0.29) is 70.4 Å². The van der Waals surface area contributed by atoms with Crippen molar-refractivity contribution in [3.8, 4) is 11.5 Å². The van der Waals surface area contributed by atoms with Crippen LogP contribution < -0.4 is 32.4 Å². The first-order chi connectivity index (χ1) is 29.8. The second-order valence-electron chi connectivity index (χ2n) is 15.4. The molecule has 0 radical (unpaired) electrons. The van der Waals surface area contributed by atoms with E-state index in [1.54, 1.807) is 0 Å². The molecule has 0 spiro atoms. The van der Waals surface area contributed by atoms with E-state index < -0.39 is 98.7 Å². The molecule has 8 N–H and O–H groups in total. The average molecular weight is 898 g/mol. The van der Waals surface area contributed by atoms with Gasteiger partial charge >= 0.3 is 0 Å². The van der Waals surface area contributed by atoms with Gasteiger partial charge in [0.2, 0.25) is 0 Å². The molecule has 3 aromatic rings. The minimum absolute atomic E-state index is 0.0250. The van der Waals surface area contributed by atoms with E-state index in [0.717, 1.165) is 24.3 Å². The highest BCUT2D eigenvalue weighted by atomic mass is 19.2. The van der Waals surface area contributed by atoms with Crippen LogP contribution in [-0.4, -0.2) is 80.5 Å². The van der Waals surface area contributed by atoms with Crippen molar-refractivity contribution in [3.05, 3.63) is 96.6 Å². The Morgan fingerprint density at radius 3 is 1.33 bits per heavy atom. The van der Waals surface area contributed by atoms with Crippen molar-refractivity contribution in [1.29, 1.82) is 0 Å². The molecule has 3 aromatic carbocycles. The van der Waals surface area contributed by atoms with Crippen LogP contribution in [0.4, 0.5) is 47.8 Å². The fraction of sp³-hybridized carbons (Fsp3) is 0.447. The molecule has 63 heavy (non-hydrogen) atoms. The van der Waals surface area contributed by atoms with Crippen LogP contribution in [0.1, 0.15) is 36.0 Å². The van der Waals surface area contributed by atoms with E-state index in [2.05, 4.69) is 15.0 Å². The Labute approximate surface area is 351 Å². The van der Waals surface area contributed by atoms with Gasteiger partial charge in [0.05, 0.1) is 36.2 Å². The van der Waals surface area contributed by atoms with E-state index in [1.807, 2.05) is 0 Å². The number of hydrogen-bond acceptors (Lipinski definition) is 16. The van der Waals surface area contributed by atoms with Gasteiger partial charge in [0.25, 0.3) is 29.4 Å². The summed E-state index contributed by atoms with van der Waals surface area (Å²) < 4.78 is 123. The second-order valence-corrected chi connectivity index (χ2v) is 15.4. The Kier molecular flexibility index (Phi) is 11.3. The molecule has 3 fully saturated rings. The highest BCUT2D eigenvalue weighted by Gasteiger charge is 2.62. The molecule has 0 aromatic heterocycles. The molecular formula is C38H38F7N9O9. The number of fused-ring (bicyclic) bond motifs is 3. The number of nitro benzene ring substituents is 2. The highest BCUT2D eigenvalue weighted by Crippen LogP contribution is 2.57. The minimum atomic E-state index is -1.77. The van der Waals surface area contributed by atoms with Crippen LogP contribution >= 0.6 is 0 Å². The molecule has 0 amide bonds. The number of methoxy groups -OCH3 is 2. The zero-order valence-electron chi connectivity index (χ0n) is 33.0. The molecule has 3 heterocycles. The first kappa shape index (κ1) is 44.2. The van der Waals surface area contributed by atoms with Gasteiger partial charge in [0.1, 0.15) is 55.0 Å². The van der Waals surface area contributed by atoms with Crippen LogP contribution in [0.2, 0.25) is 0 Å². The zero-order valence-corrected chi connectivity index (χ0v) is 33.0. The molecule has 9 rings (SSSR count). The lowest BCUT2D eigenvalue weighted by Gasteiger charge is -2.32. The maximum atomic E-state index is 14.1. The number of hydrogen-bond donors (Lipinski definition) is 4. The van der Waals surface area contributed by atoms with Gasteiger partial charge < -0.3 is 46.6 Å². The molecular weight excluding hydrogens is 859 g/mol. The normalized spacial score (nSPS) is 30.1. The number of benzene rings is 3. The van der Waals surface area contributed by atoms with Gasteiger partial charge in [-0.2, -0.15) is 0 Å². The lowest BCUT2D eigenvalue weighted by atomic mass is 9.85. The number of nitrogens with zero attached hydrogens (tertiary/aromatic N) is 5. The predicted octanol–water partition coefficient (Wildman–Crippen LogP) is 4.73. The Morgan fingerprint density at radius 1 is 0.603 bits per heavy atom. The summed E-state index contributed by atoms with van der Waals surface area (Å²) >= 11 is 0. The highest BCUT2D eigenvalue weighted by molar-refractivity contribution is 5.76. The molecule has 2 unspecified atom stereocenters. The third-order valence-electron chi connectivity index (χ3n) is 11.7. The van der Waals surface area contributed by atoms with Gasteiger partial charge in [-0.1, -0.05) is 0 Å². The quantitative estimate of drug-likeness (QED) is 0.0929. The van der Waals surface area contributed by atoms with E-state index in [0.29, 0.717) is 25.3 Å². The Balaban J connectivity index is 0.000000142. The van der Waals surface area contributed by atoms with Crippen molar-refractivity contribution in [2.75, 3.05) is 40.0 Å². The van der Waals surface area contributed by atoms with Gasteiger partial charge in [0.15, 0.2) is 34.8 Å². The smallest absolute Gasteiger partial charge is 0.283 e. The maximum absolute atomic E-state index is 14.1. The van der Waals surface area contributed by atoms with Crippen molar-refractivity contribution < 1.29 is 64.3 Å². The Morgan fingerprint density at radius 2 is 0.952 bits per heavy atom. The number of anilines is 1. The number of amidine groups is 3. The molecule has 6 aliphatic rings. The number of non-ortho nitro benzene ring substituents is 2. The number of ether oxygens (including phenoxy) is 5. The Bertz CT molecular complexity index is 2470. The van der Waals surface area contributed by atoms with Gasteiger partial charge in [-0.3, -0.25) is 20.2 Å². The number of nitro groups is 2. The second kappa shape index (κ2) is 16.1. The third-order valence-corrected chi connectivity index (χ3v) is 11.7. The summed E-state index contributed by atoms with van der Waals surface area (Å²) in [6, 6.07) is 5.03. The summed E-state index contributed by atoms with van der Waals surface area (Å²) in [5.74, 6) is -5.77. The maximum Gasteiger partial charge on any atom is 0.283 e. The van der Waals surface area contributed by atoms with E-state index >= 15 is 0 Å². The van der Waals surface area contributed by atoms with Gasteiger partial charge in [-0.05, 0) is 25.3 Å². The number of rotatable bonds is 10. The third kappa shape index (κ3) is 7.61. The minimum Gasteiger partial charge on any atom is -0.493 e. The average Bonchev–Trinajstić information content (AvgIpc) is 4.13. The van der Waals surface area contributed by atoms with Gasteiger partial charge in [-0.15, -0.1) is 0 Å². The van der Waals surface area contributed by atoms with Crippen molar-refractivity contribution in [1.82, 2.24) is 0 Å². The molecule has 3 saturated carbocycles. The van der Waals surface area contributed by atoms with Crippen LogP contribution in [0.15, 0.2) is 51.4 Å². The van der Waals surface area contributed by atoms with E-state index in [4.69, 9.17) is 46.6 Å². The summed E-state index contributed by atoms with van der Waals surface area (Å²) in [6.45, 7) is -2.97. The number of halogens is 7. The summed E-state index contributed by atoms with van der Waals surface area (Å²) in [5, 5.41) is 21.7. The molecule has 3 aliphatic carbocycles. The van der Waals surface area contributed by atoms with Gasteiger partial charge in [0, 0.05) is 58.3 Å². The largest absolute Gasteiger partial charge is 0.493 e. The summed E-state index contributed by atoms with van der Waals surface area (Å²) in [6.07, 6.45) is 0.547. The Hall–Kier alpha value is -6.82. The predicted molar refractivity (Wildman–Crippen MR) is 207 cm³/mol. The van der Waals surface area contributed by atoms with Crippen LogP contribution in [-0.2, 0) is 30.8 Å². The summed E-state index contributed by atoms with van der Waals surface area (Å²) in [7, 11) is 2.53. The molecule has 9 atom stereocenters. The standard InChI is InChI=1S/C13H13F2N3O4.C13H15F2N3O2.C12H10F3N3O3/c1-21-11-8(2-6(18(19)20)3-9(11)15)13(5-14)7-4-10(7)22-12(16)17-13;1-19-11-8(2-6(16)3-9(11)15)13(5-14)7-4-10(7)20-12(17)18-13;13-4-12(6-3-9(6)21-11(16)17-12)7-1-5(18(19)20)2-8(14)10(7)15/h2-3,7,10H,4-5H2,1H3,(H2,16,17);2-3,7,10H,4-5,16H2,1H3,(H2,17,18);1-2,6,9H,3-4H2,(H2,16,17)/t7-,10?,13-;7-,10+,13-;6-,9?,12-/m000/s1. The SMILES string of the molecule is COc1c(F)cc(N)cc1[C@@]1(CF)N=C(N)O[C@@H]2C[C@@H]21.COc1c(F)cc([N+](=O)[O-])cc1[C@@]1(CF)N=C(N)OC2C[C@@H]21.NC1=N[C@](CF)(c2cc([N+](=O)[O-])cc(F)c2F)[C@H]2CC2O1. The number of aliphatic imine (C=N–C) groups is 3. The van der Waals surface area contributed by atoms with Crippen molar-refractivity contribution in [3.63, 3.8) is 0 Å². The number of nitrogens with two attached hydrogens (primary N) is 4. The first-order valence-electron chi connectivity index (χ1n) is 18.9. The topological polar surface area (TPSA) is 274 Å². The molecule has 3 aliphatic heterocycles. The van der Waals surface area contributed by atoms with E-state index in [9.17, 15) is 51.0 Å². The molecule has 0 saturated heterocycles. The monoisotopic (exact) mass is 897 g/mol. The van der Waals surface area contributed by atoms with Gasteiger partial charge in [-0.25, -0.2) is 45.7 Å². The molecule has 25 heteroatoms. The summed E-state index contributed by atoms with van der Waals surface area (Å²) in [4.78, 5) is 32.0. The lowest BCUT2D eigenvalue weighted by molar-refractivity contribution is -0.385. The van der Waals surface area contributed by atoms with Crippen LogP contribution in [0.25, 0.3) is 0 Å². The van der Waals surface area contributed by atoms with Crippen LogP contribution in [0.3, 0.4) is 0 Å². The van der Waals surface area contributed by atoms with Crippen molar-refractivity contribution in [2.45, 2.75) is 54.2 Å². The first-order valence-corrected chi connectivity index (χ1v) is 18.9. The van der Waals surface area contributed by atoms with Crippen molar-refractivity contribution in [2.24, 2.45) is 49.9 Å². The molecule has 0 bridgehead atoms. The van der Waals surface area contributed by atoms with Crippen LogP contribution in [0.5, 0.6) is 11.5 Å². The lowest BCUT2D eigenvalue weighted by Crippen LogP contribution is -2.40. The number of nitrogen functional groups attached to an aromatic ring is 1.